The van der Waals surface area contributed by atoms with Crippen LogP contribution >= 0.6 is 11.6 Å². The average molecular weight is 332 g/mol. The van der Waals surface area contributed by atoms with Crippen molar-refractivity contribution >= 4 is 17.5 Å². The average Bonchev–Trinajstić information content (AvgIpc) is 2.46. The second kappa shape index (κ2) is 7.51. The second-order valence-corrected chi connectivity index (χ2v) is 6.24. The SMILES string of the molecule is Cc1ccc([C@@H](C)NC(=O)[C@H](C)Oc2cccc(Cl)c2)c(C)c1. The zero-order chi connectivity index (χ0) is 17.0. The van der Waals surface area contributed by atoms with Gasteiger partial charge in [-0.3, -0.25) is 4.79 Å². The van der Waals surface area contributed by atoms with E-state index in [1.807, 2.05) is 6.92 Å². The number of nitrogens with one attached hydrogen (secondary N) is 1. The summed E-state index contributed by atoms with van der Waals surface area (Å²) in [5, 5.41) is 3.58. The summed E-state index contributed by atoms with van der Waals surface area (Å²) in [5.41, 5.74) is 3.49. The fourth-order valence-corrected chi connectivity index (χ4v) is 2.70. The van der Waals surface area contributed by atoms with Crippen molar-refractivity contribution in [1.82, 2.24) is 5.32 Å². The lowest BCUT2D eigenvalue weighted by molar-refractivity contribution is -0.127. The molecular weight excluding hydrogens is 310 g/mol. The molecule has 2 atom stereocenters. The Morgan fingerprint density at radius 2 is 1.87 bits per heavy atom. The van der Waals surface area contributed by atoms with Crippen molar-refractivity contribution in [3.8, 4) is 5.75 Å². The lowest BCUT2D eigenvalue weighted by atomic mass is 10.0. The van der Waals surface area contributed by atoms with Crippen LogP contribution in [0.3, 0.4) is 0 Å². The van der Waals surface area contributed by atoms with E-state index in [9.17, 15) is 4.79 Å². The molecule has 0 aromatic heterocycles. The molecule has 2 aromatic rings. The van der Waals surface area contributed by atoms with Crippen LogP contribution in [0.4, 0.5) is 0 Å². The fraction of sp³-hybridized carbons (Fsp3) is 0.316. The van der Waals surface area contributed by atoms with Gasteiger partial charge in [-0.05, 0) is 57.0 Å². The number of hydrogen-bond acceptors (Lipinski definition) is 2. The van der Waals surface area contributed by atoms with Gasteiger partial charge in [-0.1, -0.05) is 41.4 Å². The Morgan fingerprint density at radius 1 is 1.13 bits per heavy atom. The van der Waals surface area contributed by atoms with Crippen molar-refractivity contribution in [2.45, 2.75) is 39.8 Å². The van der Waals surface area contributed by atoms with Crippen molar-refractivity contribution < 1.29 is 9.53 Å². The highest BCUT2D eigenvalue weighted by Crippen LogP contribution is 2.20. The molecule has 1 amide bonds. The molecule has 3 nitrogen and oxygen atoms in total. The van der Waals surface area contributed by atoms with Gasteiger partial charge in [-0.25, -0.2) is 0 Å². The first-order chi connectivity index (χ1) is 10.9. The molecule has 0 saturated heterocycles. The molecule has 122 valence electrons. The van der Waals surface area contributed by atoms with Crippen LogP contribution in [0, 0.1) is 13.8 Å². The molecule has 0 aliphatic carbocycles. The standard InChI is InChI=1S/C19H22ClNO2/c1-12-8-9-18(13(2)10-12)14(3)21-19(22)15(4)23-17-7-5-6-16(20)11-17/h5-11,14-15H,1-4H3,(H,21,22)/t14-,15+/m1/s1. The molecule has 0 aliphatic heterocycles. The zero-order valence-electron chi connectivity index (χ0n) is 13.9. The lowest BCUT2D eigenvalue weighted by Crippen LogP contribution is -2.38. The minimum atomic E-state index is -0.596. The molecule has 0 unspecified atom stereocenters. The Bertz CT molecular complexity index is 700. The monoisotopic (exact) mass is 331 g/mol. The summed E-state index contributed by atoms with van der Waals surface area (Å²) in [6.45, 7) is 7.81. The number of aryl methyl sites for hydroxylation is 2. The van der Waals surface area contributed by atoms with E-state index in [-0.39, 0.29) is 11.9 Å². The number of amides is 1. The van der Waals surface area contributed by atoms with Crippen molar-refractivity contribution in [2.24, 2.45) is 0 Å². The first-order valence-corrected chi connectivity index (χ1v) is 8.04. The molecule has 0 heterocycles. The maximum absolute atomic E-state index is 12.3. The van der Waals surface area contributed by atoms with Gasteiger partial charge in [0.05, 0.1) is 6.04 Å². The Hall–Kier alpha value is -2.00. The highest BCUT2D eigenvalue weighted by Gasteiger charge is 2.18. The molecule has 0 saturated carbocycles. The van der Waals surface area contributed by atoms with Gasteiger partial charge in [-0.15, -0.1) is 0 Å². The van der Waals surface area contributed by atoms with E-state index < -0.39 is 6.10 Å². The van der Waals surface area contributed by atoms with E-state index in [0.717, 1.165) is 5.56 Å². The van der Waals surface area contributed by atoms with E-state index in [0.29, 0.717) is 10.8 Å². The van der Waals surface area contributed by atoms with Crippen LogP contribution in [0.5, 0.6) is 5.75 Å². The number of halogens is 1. The third-order valence-electron chi connectivity index (χ3n) is 3.73. The molecule has 0 aliphatic rings. The second-order valence-electron chi connectivity index (χ2n) is 5.81. The van der Waals surface area contributed by atoms with Gasteiger partial charge in [0.2, 0.25) is 0 Å². The minimum Gasteiger partial charge on any atom is -0.481 e. The van der Waals surface area contributed by atoms with Crippen molar-refractivity contribution in [1.29, 1.82) is 0 Å². The quantitative estimate of drug-likeness (QED) is 0.869. The van der Waals surface area contributed by atoms with Crippen molar-refractivity contribution in [3.05, 3.63) is 64.2 Å². The number of ether oxygens (including phenoxy) is 1. The Morgan fingerprint density at radius 3 is 2.52 bits per heavy atom. The van der Waals surface area contributed by atoms with Crippen LogP contribution in [0.2, 0.25) is 5.02 Å². The summed E-state index contributed by atoms with van der Waals surface area (Å²) in [7, 11) is 0. The Kier molecular flexibility index (Phi) is 5.67. The van der Waals surface area contributed by atoms with E-state index in [1.165, 1.54) is 11.1 Å². The molecule has 0 radical (unpaired) electrons. The molecule has 0 bridgehead atoms. The van der Waals surface area contributed by atoms with E-state index in [4.69, 9.17) is 16.3 Å². The number of rotatable bonds is 5. The third kappa shape index (κ3) is 4.73. The molecular formula is C19H22ClNO2. The number of carbonyl (C=O) groups excluding carboxylic acids is 1. The first-order valence-electron chi connectivity index (χ1n) is 7.66. The number of carbonyl (C=O) groups is 1. The normalized spacial score (nSPS) is 13.3. The molecule has 1 N–H and O–H groups in total. The van der Waals surface area contributed by atoms with Gasteiger partial charge in [0.25, 0.3) is 5.91 Å². The van der Waals surface area contributed by atoms with Crippen molar-refractivity contribution in [2.75, 3.05) is 0 Å². The summed E-state index contributed by atoms with van der Waals surface area (Å²) < 4.78 is 5.65. The van der Waals surface area contributed by atoms with E-state index in [2.05, 4.69) is 37.4 Å². The van der Waals surface area contributed by atoms with Crippen LogP contribution in [-0.2, 0) is 4.79 Å². The maximum atomic E-state index is 12.3. The number of hydrogen-bond donors (Lipinski definition) is 1. The van der Waals surface area contributed by atoms with Gasteiger partial charge in [-0.2, -0.15) is 0 Å². The zero-order valence-corrected chi connectivity index (χ0v) is 14.6. The van der Waals surface area contributed by atoms with Gasteiger partial charge < -0.3 is 10.1 Å². The van der Waals surface area contributed by atoms with Crippen LogP contribution in [0.25, 0.3) is 0 Å². The first kappa shape index (κ1) is 17.4. The highest BCUT2D eigenvalue weighted by atomic mass is 35.5. The summed E-state index contributed by atoms with van der Waals surface area (Å²) in [6.07, 6.45) is -0.596. The fourth-order valence-electron chi connectivity index (χ4n) is 2.52. The molecule has 4 heteroatoms. The minimum absolute atomic E-state index is 0.0755. The van der Waals surface area contributed by atoms with Crippen LogP contribution in [-0.4, -0.2) is 12.0 Å². The lowest BCUT2D eigenvalue weighted by Gasteiger charge is -2.20. The molecule has 2 rings (SSSR count). The summed E-state index contributed by atoms with van der Waals surface area (Å²) in [4.78, 5) is 12.3. The molecule has 2 aromatic carbocycles. The largest absolute Gasteiger partial charge is 0.481 e. The van der Waals surface area contributed by atoms with Gasteiger partial charge in [0, 0.05) is 5.02 Å². The van der Waals surface area contributed by atoms with Crippen LogP contribution in [0.15, 0.2) is 42.5 Å². The van der Waals surface area contributed by atoms with Gasteiger partial charge in [0.1, 0.15) is 5.75 Å². The van der Waals surface area contributed by atoms with Gasteiger partial charge in [0.15, 0.2) is 6.10 Å². The van der Waals surface area contributed by atoms with Crippen LogP contribution < -0.4 is 10.1 Å². The molecule has 0 spiro atoms. The van der Waals surface area contributed by atoms with Crippen molar-refractivity contribution in [3.63, 3.8) is 0 Å². The third-order valence-corrected chi connectivity index (χ3v) is 3.96. The Balaban J connectivity index is 2.00. The predicted octanol–water partition coefficient (Wildman–Crippen LogP) is 4.60. The smallest absolute Gasteiger partial charge is 0.261 e. The van der Waals surface area contributed by atoms with E-state index >= 15 is 0 Å². The molecule has 23 heavy (non-hydrogen) atoms. The van der Waals surface area contributed by atoms with Gasteiger partial charge >= 0.3 is 0 Å². The van der Waals surface area contributed by atoms with E-state index in [1.54, 1.807) is 31.2 Å². The topological polar surface area (TPSA) is 38.3 Å². The molecule has 0 fully saturated rings. The maximum Gasteiger partial charge on any atom is 0.261 e. The van der Waals surface area contributed by atoms with Crippen LogP contribution in [0.1, 0.15) is 36.6 Å². The summed E-state index contributed by atoms with van der Waals surface area (Å²) >= 11 is 5.92. The number of benzene rings is 2. The Labute approximate surface area is 142 Å². The summed E-state index contributed by atoms with van der Waals surface area (Å²) in [6, 6.07) is 13.2. The predicted molar refractivity (Wildman–Crippen MR) is 94.0 cm³/mol. The summed E-state index contributed by atoms with van der Waals surface area (Å²) in [5.74, 6) is 0.428. The highest BCUT2D eigenvalue weighted by molar-refractivity contribution is 6.30.